The van der Waals surface area contributed by atoms with Crippen molar-refractivity contribution in [3.8, 4) is 0 Å². The van der Waals surface area contributed by atoms with E-state index >= 15 is 0 Å². The first-order chi connectivity index (χ1) is 11.3. The lowest BCUT2D eigenvalue weighted by molar-refractivity contribution is -0.131. The Hall–Kier alpha value is -1.52. The van der Waals surface area contributed by atoms with Crippen molar-refractivity contribution in [1.29, 1.82) is 0 Å². The Bertz CT molecular complexity index is 634. The summed E-state index contributed by atoms with van der Waals surface area (Å²) >= 11 is 0. The fourth-order valence-electron chi connectivity index (χ4n) is 2.77. The third-order valence-corrected chi connectivity index (χ3v) is 4.85. The first-order valence-corrected chi connectivity index (χ1v) is 9.94. The quantitative estimate of drug-likeness (QED) is 0.668. The van der Waals surface area contributed by atoms with E-state index in [-0.39, 0.29) is 12.5 Å². The van der Waals surface area contributed by atoms with Gasteiger partial charge >= 0.3 is 0 Å². The molecular formula is C14H25N5O4S. The summed E-state index contributed by atoms with van der Waals surface area (Å²) in [5.74, 6) is 0.0513. The molecule has 0 aliphatic carbocycles. The van der Waals surface area contributed by atoms with Crippen molar-refractivity contribution >= 4 is 15.9 Å². The van der Waals surface area contributed by atoms with Crippen molar-refractivity contribution in [3.63, 3.8) is 0 Å². The first-order valence-electron chi connectivity index (χ1n) is 8.05. The maximum Gasteiger partial charge on any atom is 0.222 e. The Labute approximate surface area is 142 Å². The molecule has 0 saturated carbocycles. The molecule has 1 aliphatic rings. The van der Waals surface area contributed by atoms with E-state index in [4.69, 9.17) is 0 Å². The average Bonchev–Trinajstić information content (AvgIpc) is 2.93. The van der Waals surface area contributed by atoms with Gasteiger partial charge in [0.15, 0.2) is 0 Å². The molecule has 24 heavy (non-hydrogen) atoms. The minimum Gasteiger partial charge on any atom is -0.388 e. The number of aryl methyl sites for hydroxylation is 1. The number of nitrogens with one attached hydrogen (secondary N) is 1. The molecular weight excluding hydrogens is 334 g/mol. The summed E-state index contributed by atoms with van der Waals surface area (Å²) in [5.41, 5.74) is -1.10. The number of amides is 1. The van der Waals surface area contributed by atoms with Crippen molar-refractivity contribution in [1.82, 2.24) is 24.4 Å². The maximum absolute atomic E-state index is 12.3. The van der Waals surface area contributed by atoms with Crippen LogP contribution in [0.2, 0.25) is 0 Å². The van der Waals surface area contributed by atoms with Crippen LogP contribution < -0.4 is 4.72 Å². The summed E-state index contributed by atoms with van der Waals surface area (Å²) in [6.07, 6.45) is 6.73. The van der Waals surface area contributed by atoms with Gasteiger partial charge in [-0.1, -0.05) is 0 Å². The second-order valence-electron chi connectivity index (χ2n) is 6.31. The third kappa shape index (κ3) is 6.17. The molecule has 1 aromatic rings. The van der Waals surface area contributed by atoms with Crippen LogP contribution in [0.1, 0.15) is 32.1 Å². The summed E-state index contributed by atoms with van der Waals surface area (Å²) in [6, 6.07) is 0. The molecule has 2 heterocycles. The van der Waals surface area contributed by atoms with Crippen LogP contribution in [-0.2, 0) is 21.4 Å². The molecule has 0 aromatic carbocycles. The largest absolute Gasteiger partial charge is 0.388 e. The van der Waals surface area contributed by atoms with Crippen molar-refractivity contribution in [2.75, 3.05) is 25.9 Å². The number of carbonyl (C=O) groups excluding carboxylic acids is 1. The molecule has 0 radical (unpaired) electrons. The van der Waals surface area contributed by atoms with Crippen LogP contribution in [0.25, 0.3) is 0 Å². The molecule has 2 N–H and O–H groups in total. The van der Waals surface area contributed by atoms with Gasteiger partial charge in [-0.05, 0) is 25.7 Å². The highest BCUT2D eigenvalue weighted by atomic mass is 32.2. The zero-order chi connectivity index (χ0) is 17.6. The zero-order valence-electron chi connectivity index (χ0n) is 13.9. The normalized spacial score (nSPS) is 22.3. The lowest BCUT2D eigenvalue weighted by Crippen LogP contribution is -2.43. The van der Waals surface area contributed by atoms with Crippen molar-refractivity contribution in [3.05, 3.63) is 12.7 Å². The van der Waals surface area contributed by atoms with E-state index in [9.17, 15) is 18.3 Å². The van der Waals surface area contributed by atoms with Crippen LogP contribution in [0.15, 0.2) is 12.7 Å². The van der Waals surface area contributed by atoms with E-state index in [0.29, 0.717) is 51.7 Å². The predicted molar refractivity (Wildman–Crippen MR) is 87.5 cm³/mol. The summed E-state index contributed by atoms with van der Waals surface area (Å²) in [5, 5.41) is 14.5. The molecule has 1 atom stereocenters. The SMILES string of the molecule is CS(=O)(=O)NC[C@@]1(O)CCCN(C(=O)CCCn2cncn2)CC1. The maximum atomic E-state index is 12.3. The van der Waals surface area contributed by atoms with Crippen LogP contribution in [0.3, 0.4) is 0 Å². The number of aromatic nitrogens is 3. The summed E-state index contributed by atoms with van der Waals surface area (Å²) < 4.78 is 26.4. The van der Waals surface area contributed by atoms with Crippen LogP contribution in [0.5, 0.6) is 0 Å². The highest BCUT2D eigenvalue weighted by Crippen LogP contribution is 2.22. The Morgan fingerprint density at radius 2 is 2.17 bits per heavy atom. The summed E-state index contributed by atoms with van der Waals surface area (Å²) in [7, 11) is -3.34. The van der Waals surface area contributed by atoms with Gasteiger partial charge in [-0.3, -0.25) is 9.48 Å². The monoisotopic (exact) mass is 359 g/mol. The minimum atomic E-state index is -3.34. The van der Waals surface area contributed by atoms with Crippen LogP contribution in [-0.4, -0.2) is 70.6 Å². The smallest absolute Gasteiger partial charge is 0.222 e. The molecule has 1 fully saturated rings. The molecule has 10 heteroatoms. The van der Waals surface area contributed by atoms with E-state index in [1.165, 1.54) is 6.33 Å². The highest BCUT2D eigenvalue weighted by Gasteiger charge is 2.32. The van der Waals surface area contributed by atoms with Gasteiger partial charge in [0, 0.05) is 32.6 Å². The van der Waals surface area contributed by atoms with Gasteiger partial charge in [-0.15, -0.1) is 0 Å². The van der Waals surface area contributed by atoms with E-state index in [0.717, 1.165) is 6.26 Å². The Morgan fingerprint density at radius 1 is 1.38 bits per heavy atom. The Kier molecular flexibility index (Phi) is 6.30. The molecule has 9 nitrogen and oxygen atoms in total. The number of sulfonamides is 1. The second-order valence-corrected chi connectivity index (χ2v) is 8.15. The summed E-state index contributed by atoms with van der Waals surface area (Å²) in [4.78, 5) is 17.9. The molecule has 0 unspecified atom stereocenters. The van der Waals surface area contributed by atoms with Crippen molar-refractivity contribution in [2.24, 2.45) is 0 Å². The highest BCUT2D eigenvalue weighted by molar-refractivity contribution is 7.88. The van der Waals surface area contributed by atoms with Crippen LogP contribution in [0, 0.1) is 0 Å². The molecule has 0 spiro atoms. The van der Waals surface area contributed by atoms with Gasteiger partial charge < -0.3 is 10.0 Å². The molecule has 0 bridgehead atoms. The molecule has 136 valence electrons. The number of hydrogen-bond acceptors (Lipinski definition) is 6. The van der Waals surface area contributed by atoms with E-state index in [1.807, 2.05) is 0 Å². The Balaban J connectivity index is 1.77. The Morgan fingerprint density at radius 3 is 2.83 bits per heavy atom. The third-order valence-electron chi connectivity index (χ3n) is 4.18. The van der Waals surface area contributed by atoms with Crippen LogP contribution >= 0.6 is 0 Å². The van der Waals surface area contributed by atoms with Gasteiger partial charge in [0.25, 0.3) is 0 Å². The number of likely N-dealkylation sites (tertiary alicyclic amines) is 1. The second kappa shape index (κ2) is 8.04. The molecule has 1 aromatic heterocycles. The van der Waals surface area contributed by atoms with E-state index in [2.05, 4.69) is 14.8 Å². The fraction of sp³-hybridized carbons (Fsp3) is 0.786. The molecule has 1 aliphatic heterocycles. The predicted octanol–water partition coefficient (Wildman–Crippen LogP) is -0.649. The molecule has 1 saturated heterocycles. The van der Waals surface area contributed by atoms with Gasteiger partial charge in [0.1, 0.15) is 12.7 Å². The van der Waals surface area contributed by atoms with Crippen molar-refractivity contribution in [2.45, 2.75) is 44.2 Å². The van der Waals surface area contributed by atoms with Gasteiger partial charge in [0.05, 0.1) is 11.9 Å². The van der Waals surface area contributed by atoms with E-state index < -0.39 is 15.6 Å². The number of carbonyl (C=O) groups is 1. The summed E-state index contributed by atoms with van der Waals surface area (Å²) in [6.45, 7) is 1.65. The first kappa shape index (κ1) is 18.8. The standard InChI is InChI=1S/C14H25N5O4S/c1-24(22,23)17-10-14(21)5-3-7-18(9-6-14)13(20)4-2-8-19-12-15-11-16-19/h11-12,17,21H,2-10H2,1H3/t14-/m1/s1. The van der Waals surface area contributed by atoms with E-state index in [1.54, 1.807) is 15.9 Å². The van der Waals surface area contributed by atoms with Gasteiger partial charge in [0.2, 0.25) is 15.9 Å². The minimum absolute atomic E-state index is 0.0137. The zero-order valence-corrected chi connectivity index (χ0v) is 14.7. The van der Waals surface area contributed by atoms with Gasteiger partial charge in [-0.25, -0.2) is 18.1 Å². The lowest BCUT2D eigenvalue weighted by Gasteiger charge is -2.26. The lowest BCUT2D eigenvalue weighted by atomic mass is 9.95. The fourth-order valence-corrected chi connectivity index (χ4v) is 3.30. The number of rotatable bonds is 7. The topological polar surface area (TPSA) is 117 Å². The molecule has 2 rings (SSSR count). The average molecular weight is 359 g/mol. The number of aliphatic hydroxyl groups is 1. The van der Waals surface area contributed by atoms with Crippen molar-refractivity contribution < 1.29 is 18.3 Å². The number of nitrogens with zero attached hydrogens (tertiary/aromatic N) is 4. The van der Waals surface area contributed by atoms with Crippen LogP contribution in [0.4, 0.5) is 0 Å². The number of hydrogen-bond donors (Lipinski definition) is 2. The van der Waals surface area contributed by atoms with Gasteiger partial charge in [-0.2, -0.15) is 5.10 Å². The molecule has 1 amide bonds.